The number of hydrogen-bond donors (Lipinski definition) is 2. The van der Waals surface area contributed by atoms with E-state index < -0.39 is 11.4 Å². The van der Waals surface area contributed by atoms with Gasteiger partial charge in [-0.05, 0) is 69.2 Å². The number of benzene rings is 1. The Bertz CT molecular complexity index is 1180. The molecule has 0 radical (unpaired) electrons. The van der Waals surface area contributed by atoms with E-state index in [1.807, 2.05) is 39.3 Å². The van der Waals surface area contributed by atoms with Crippen molar-refractivity contribution in [3.05, 3.63) is 52.3 Å². The summed E-state index contributed by atoms with van der Waals surface area (Å²) in [5, 5.41) is 10.8. The van der Waals surface area contributed by atoms with Crippen molar-refractivity contribution in [2.75, 3.05) is 26.4 Å². The Balaban J connectivity index is 1.46. The van der Waals surface area contributed by atoms with Gasteiger partial charge in [0.15, 0.2) is 0 Å². The van der Waals surface area contributed by atoms with Crippen LogP contribution >= 0.6 is 0 Å². The van der Waals surface area contributed by atoms with Gasteiger partial charge < -0.3 is 20.1 Å². The molecule has 2 N–H and O–H groups in total. The first-order valence-electron chi connectivity index (χ1n) is 13.5. The quantitative estimate of drug-likeness (QED) is 0.511. The van der Waals surface area contributed by atoms with E-state index in [2.05, 4.69) is 10.6 Å². The monoisotopic (exact) mass is 524 g/mol. The molecule has 1 saturated heterocycles. The van der Waals surface area contributed by atoms with Crippen LogP contribution in [0.5, 0.6) is 0 Å². The summed E-state index contributed by atoms with van der Waals surface area (Å²) in [5.41, 5.74) is 2.89. The summed E-state index contributed by atoms with van der Waals surface area (Å²) in [6.45, 7) is 12.6. The van der Waals surface area contributed by atoms with Crippen LogP contribution in [0.25, 0.3) is 0 Å². The fourth-order valence-electron chi connectivity index (χ4n) is 5.20. The molecule has 2 aliphatic heterocycles. The van der Waals surface area contributed by atoms with E-state index in [4.69, 9.17) is 14.6 Å². The highest BCUT2D eigenvalue weighted by molar-refractivity contribution is 5.97. The van der Waals surface area contributed by atoms with Gasteiger partial charge in [-0.3, -0.25) is 14.3 Å². The number of hydrogen-bond acceptors (Lipinski definition) is 6. The lowest BCUT2D eigenvalue weighted by Crippen LogP contribution is -2.41. The van der Waals surface area contributed by atoms with Crippen molar-refractivity contribution < 1.29 is 23.9 Å². The molecule has 0 unspecified atom stereocenters. The lowest BCUT2D eigenvalue weighted by Gasteiger charge is -2.36. The highest BCUT2D eigenvalue weighted by atomic mass is 16.5. The van der Waals surface area contributed by atoms with Crippen LogP contribution in [-0.2, 0) is 28.9 Å². The van der Waals surface area contributed by atoms with E-state index in [0.717, 1.165) is 30.7 Å². The maximum absolute atomic E-state index is 13.1. The molecular formula is C29H40N4O5. The average molecular weight is 525 g/mol. The standard InChI is InChI=1S/C29H40N4O5/c1-6-22-24-23(15-29(16-30-26(24)35)11-13-37-14-12-29)33(32-22)17-28(4,5)18-38-27(36)21-9-7-20(8-10-21)25(34)31-19(2)3/h7-10,19H,6,11-18H2,1-5H3,(H,30,35)(H,31,34). The Hall–Kier alpha value is -3.20. The molecule has 1 aromatic carbocycles. The molecule has 1 spiro atoms. The van der Waals surface area contributed by atoms with Crippen LogP contribution in [-0.4, -0.2) is 60.0 Å². The summed E-state index contributed by atoms with van der Waals surface area (Å²) >= 11 is 0. The summed E-state index contributed by atoms with van der Waals surface area (Å²) in [6, 6.07) is 6.50. The van der Waals surface area contributed by atoms with Crippen LogP contribution in [0, 0.1) is 10.8 Å². The highest BCUT2D eigenvalue weighted by Gasteiger charge is 2.40. The highest BCUT2D eigenvalue weighted by Crippen LogP contribution is 2.38. The van der Waals surface area contributed by atoms with Gasteiger partial charge in [-0.15, -0.1) is 0 Å². The van der Waals surface area contributed by atoms with Crippen molar-refractivity contribution in [1.29, 1.82) is 0 Å². The number of esters is 1. The second-order valence-electron chi connectivity index (χ2n) is 11.7. The lowest BCUT2D eigenvalue weighted by molar-refractivity contribution is 0.0145. The summed E-state index contributed by atoms with van der Waals surface area (Å²) < 4.78 is 13.3. The molecule has 9 heteroatoms. The van der Waals surface area contributed by atoms with Crippen LogP contribution in [0.2, 0.25) is 0 Å². The van der Waals surface area contributed by atoms with Crippen LogP contribution < -0.4 is 10.6 Å². The SMILES string of the molecule is CCc1nn(CC(C)(C)COC(=O)c2ccc(C(=O)NC(C)C)cc2)c2c1C(=O)NCC1(CCOCC1)C2. The topological polar surface area (TPSA) is 112 Å². The Morgan fingerprint density at radius 1 is 1.18 bits per heavy atom. The van der Waals surface area contributed by atoms with E-state index in [-0.39, 0.29) is 29.9 Å². The summed E-state index contributed by atoms with van der Waals surface area (Å²) in [5.74, 6) is -0.675. The molecular weight excluding hydrogens is 484 g/mol. The first kappa shape index (κ1) is 27.8. The molecule has 3 heterocycles. The number of nitrogens with one attached hydrogen (secondary N) is 2. The fourth-order valence-corrected chi connectivity index (χ4v) is 5.20. The van der Waals surface area contributed by atoms with Crippen molar-refractivity contribution in [3.8, 4) is 0 Å². The zero-order valence-corrected chi connectivity index (χ0v) is 23.2. The van der Waals surface area contributed by atoms with Gasteiger partial charge in [0, 0.05) is 43.3 Å². The maximum atomic E-state index is 13.1. The van der Waals surface area contributed by atoms with Crippen LogP contribution in [0.15, 0.2) is 24.3 Å². The summed E-state index contributed by atoms with van der Waals surface area (Å²) in [7, 11) is 0. The first-order chi connectivity index (χ1) is 18.0. The molecule has 1 fully saturated rings. The average Bonchev–Trinajstić information content (AvgIpc) is 3.14. The number of amides is 2. The number of aromatic nitrogens is 2. The molecule has 2 aromatic rings. The van der Waals surface area contributed by atoms with Gasteiger partial charge in [0.1, 0.15) is 0 Å². The number of carbonyl (C=O) groups is 3. The second kappa shape index (κ2) is 11.3. The predicted molar refractivity (Wildman–Crippen MR) is 143 cm³/mol. The Morgan fingerprint density at radius 2 is 1.84 bits per heavy atom. The number of nitrogens with zero attached hydrogens (tertiary/aromatic N) is 2. The smallest absolute Gasteiger partial charge is 0.338 e. The van der Waals surface area contributed by atoms with Gasteiger partial charge in [0.2, 0.25) is 0 Å². The summed E-state index contributed by atoms with van der Waals surface area (Å²) in [4.78, 5) is 38.0. The fraction of sp³-hybridized carbons (Fsp3) is 0.586. The van der Waals surface area contributed by atoms with Gasteiger partial charge in [-0.2, -0.15) is 5.10 Å². The molecule has 38 heavy (non-hydrogen) atoms. The van der Waals surface area contributed by atoms with Gasteiger partial charge >= 0.3 is 5.97 Å². The van der Waals surface area contributed by atoms with Crippen molar-refractivity contribution in [3.63, 3.8) is 0 Å². The minimum Gasteiger partial charge on any atom is -0.461 e. The third kappa shape index (κ3) is 6.26. The number of rotatable bonds is 8. The van der Waals surface area contributed by atoms with Crippen molar-refractivity contribution in [2.24, 2.45) is 10.8 Å². The van der Waals surface area contributed by atoms with Gasteiger partial charge in [0.05, 0.1) is 29.1 Å². The number of aryl methyl sites for hydroxylation is 1. The molecule has 206 valence electrons. The van der Waals surface area contributed by atoms with E-state index in [1.165, 1.54) is 0 Å². The first-order valence-corrected chi connectivity index (χ1v) is 13.5. The summed E-state index contributed by atoms with van der Waals surface area (Å²) in [6.07, 6.45) is 3.24. The van der Waals surface area contributed by atoms with Gasteiger partial charge in [-0.1, -0.05) is 20.8 Å². The molecule has 2 amide bonds. The van der Waals surface area contributed by atoms with Crippen LogP contribution in [0.3, 0.4) is 0 Å². The molecule has 2 aliphatic rings. The molecule has 4 rings (SSSR count). The minimum absolute atomic E-state index is 0.0310. The maximum Gasteiger partial charge on any atom is 0.338 e. The van der Waals surface area contributed by atoms with Crippen molar-refractivity contribution in [1.82, 2.24) is 20.4 Å². The molecule has 0 atom stereocenters. The molecule has 0 bridgehead atoms. The number of carbonyl (C=O) groups excluding carboxylic acids is 3. The van der Waals surface area contributed by atoms with Crippen LogP contribution in [0.1, 0.15) is 89.9 Å². The van der Waals surface area contributed by atoms with Gasteiger partial charge in [0.25, 0.3) is 11.8 Å². The lowest BCUT2D eigenvalue weighted by atomic mass is 9.76. The molecule has 0 aliphatic carbocycles. The number of ether oxygens (including phenoxy) is 2. The van der Waals surface area contributed by atoms with E-state index in [0.29, 0.717) is 49.4 Å². The Labute approximate surface area is 224 Å². The van der Waals surface area contributed by atoms with Gasteiger partial charge in [-0.25, -0.2) is 4.79 Å². The Kier molecular flexibility index (Phi) is 8.25. The van der Waals surface area contributed by atoms with Crippen molar-refractivity contribution >= 4 is 17.8 Å². The molecule has 0 saturated carbocycles. The van der Waals surface area contributed by atoms with Crippen molar-refractivity contribution in [2.45, 2.75) is 72.9 Å². The van der Waals surface area contributed by atoms with E-state index in [1.54, 1.807) is 24.3 Å². The Morgan fingerprint density at radius 3 is 2.47 bits per heavy atom. The van der Waals surface area contributed by atoms with Crippen LogP contribution in [0.4, 0.5) is 0 Å². The third-order valence-electron chi connectivity index (χ3n) is 7.39. The zero-order valence-electron chi connectivity index (χ0n) is 23.2. The third-order valence-corrected chi connectivity index (χ3v) is 7.39. The largest absolute Gasteiger partial charge is 0.461 e. The van der Waals surface area contributed by atoms with E-state index >= 15 is 0 Å². The van der Waals surface area contributed by atoms with E-state index in [9.17, 15) is 14.4 Å². The number of fused-ring (bicyclic) bond motifs is 1. The molecule has 9 nitrogen and oxygen atoms in total. The zero-order chi connectivity index (χ0) is 27.5. The second-order valence-corrected chi connectivity index (χ2v) is 11.7. The molecule has 1 aromatic heterocycles. The normalized spacial score (nSPS) is 17.1. The predicted octanol–water partition coefficient (Wildman–Crippen LogP) is 3.55. The minimum atomic E-state index is -0.442.